The highest BCUT2D eigenvalue weighted by molar-refractivity contribution is 7.94. The van der Waals surface area contributed by atoms with Crippen molar-refractivity contribution in [3.8, 4) is 0 Å². The van der Waals surface area contributed by atoms with Crippen LogP contribution in [0.5, 0.6) is 0 Å². The molecule has 0 radical (unpaired) electrons. The topological polar surface area (TPSA) is 81.7 Å². The Morgan fingerprint density at radius 2 is 1.57 bits per heavy atom. The molecule has 28 heavy (non-hydrogen) atoms. The Hall–Kier alpha value is -2.71. The number of rotatable bonds is 4. The van der Waals surface area contributed by atoms with Crippen molar-refractivity contribution in [1.82, 2.24) is 9.97 Å². The number of nitrogens with zero attached hydrogens (tertiary/aromatic N) is 4. The molecule has 2 aromatic carbocycles. The van der Waals surface area contributed by atoms with E-state index in [9.17, 15) is 8.42 Å². The van der Waals surface area contributed by atoms with Gasteiger partial charge in [0.25, 0.3) is 0 Å². The van der Waals surface area contributed by atoms with E-state index < -0.39 is 10.0 Å². The first kappa shape index (κ1) is 18.6. The highest BCUT2D eigenvalue weighted by atomic mass is 32.2. The van der Waals surface area contributed by atoms with Crippen LogP contribution in [-0.4, -0.2) is 51.6 Å². The van der Waals surface area contributed by atoms with Crippen LogP contribution in [0.15, 0.2) is 53.4 Å². The summed E-state index contributed by atoms with van der Waals surface area (Å²) in [6.45, 7) is 5.39. The molecule has 1 aliphatic rings. The van der Waals surface area contributed by atoms with Gasteiger partial charge >= 0.3 is 0 Å². The minimum atomic E-state index is -3.88. The molecule has 146 valence electrons. The Morgan fingerprint density at radius 3 is 2.21 bits per heavy atom. The van der Waals surface area contributed by atoms with Crippen LogP contribution >= 0.6 is 0 Å². The maximum Gasteiger partial charge on any atom is 0.202 e. The summed E-state index contributed by atoms with van der Waals surface area (Å²) in [6, 6.07) is 14.1. The van der Waals surface area contributed by atoms with Crippen molar-refractivity contribution in [1.29, 1.82) is 0 Å². The summed E-state index contributed by atoms with van der Waals surface area (Å²) in [6.07, 6.45) is 0. The summed E-state index contributed by atoms with van der Waals surface area (Å²) in [5, 5.41) is 0. The van der Waals surface area contributed by atoms with Gasteiger partial charge in [0.2, 0.25) is 10.0 Å². The van der Waals surface area contributed by atoms with Crippen LogP contribution in [0, 0.1) is 6.92 Å². The van der Waals surface area contributed by atoms with Crippen LogP contribution in [0.3, 0.4) is 0 Å². The van der Waals surface area contributed by atoms with Crippen LogP contribution in [0.2, 0.25) is 0 Å². The number of likely N-dealkylation sites (N-methyl/N-ethyl adjacent to an activating group) is 1. The number of anilines is 1. The Morgan fingerprint density at radius 1 is 0.964 bits per heavy atom. The smallest absolute Gasteiger partial charge is 0.202 e. The lowest BCUT2D eigenvalue weighted by Gasteiger charge is -2.34. The molecule has 1 saturated heterocycles. The molecule has 7 nitrogen and oxygen atoms in total. The Bertz CT molecular complexity index is 1090. The third-order valence-corrected chi connectivity index (χ3v) is 6.26. The van der Waals surface area contributed by atoms with Crippen molar-refractivity contribution in [2.24, 2.45) is 0 Å². The molecular formula is C20H23N5O2S. The summed E-state index contributed by atoms with van der Waals surface area (Å²) in [7, 11) is -1.73. The monoisotopic (exact) mass is 397 g/mol. The fourth-order valence-corrected chi connectivity index (χ4v) is 4.17. The average Bonchev–Trinajstić information content (AvgIpc) is 2.68. The molecule has 3 aromatic rings. The summed E-state index contributed by atoms with van der Waals surface area (Å²) in [5.41, 5.74) is 2.35. The summed E-state index contributed by atoms with van der Waals surface area (Å²) >= 11 is 0. The van der Waals surface area contributed by atoms with Crippen LogP contribution in [0.1, 0.15) is 5.56 Å². The van der Waals surface area contributed by atoms with E-state index in [4.69, 9.17) is 4.98 Å². The first-order valence-electron chi connectivity index (χ1n) is 9.30. The largest absolute Gasteiger partial charge is 0.431 e. The molecule has 0 atom stereocenters. The van der Waals surface area contributed by atoms with E-state index in [-0.39, 0.29) is 10.7 Å². The molecule has 0 saturated carbocycles. The average molecular weight is 398 g/mol. The van der Waals surface area contributed by atoms with Crippen LogP contribution in [0.25, 0.3) is 15.8 Å². The summed E-state index contributed by atoms with van der Waals surface area (Å²) in [5.74, 6) is 0.681. The molecule has 4 rings (SSSR count). The number of fused-ring (bicyclic) bond motifs is 1. The van der Waals surface area contributed by atoms with E-state index in [1.54, 1.807) is 24.3 Å². The normalized spacial score (nSPS) is 15.7. The second kappa shape index (κ2) is 7.37. The number of aryl methyl sites for hydroxylation is 1. The molecule has 0 aliphatic carbocycles. The maximum absolute atomic E-state index is 12.9. The Kier molecular flexibility index (Phi) is 4.91. The number of para-hydroxylation sites is 2. The van der Waals surface area contributed by atoms with Gasteiger partial charge in [0.15, 0.2) is 0 Å². The second-order valence-electron chi connectivity index (χ2n) is 7.18. The van der Waals surface area contributed by atoms with E-state index in [0.29, 0.717) is 11.3 Å². The summed E-state index contributed by atoms with van der Waals surface area (Å²) in [4.78, 5) is 12.9. The molecule has 0 unspecified atom stereocenters. The number of benzene rings is 2. The van der Waals surface area contributed by atoms with Gasteiger partial charge in [0, 0.05) is 0 Å². The predicted octanol–water partition coefficient (Wildman–Crippen LogP) is 1.67. The third-order valence-electron chi connectivity index (χ3n) is 4.98. The first-order chi connectivity index (χ1) is 13.4. The van der Waals surface area contributed by atoms with E-state index in [2.05, 4.69) is 21.7 Å². The fourth-order valence-electron chi connectivity index (χ4n) is 3.23. The molecular weight excluding hydrogens is 374 g/mol. The molecule has 0 amide bonds. The number of nitrogens with one attached hydrogen (secondary N) is 1. The molecule has 1 aliphatic heterocycles. The number of aromatic nitrogens is 2. The SMILES string of the molecule is Cc1ccc(S(=O)(=O)[N-]c2nc3ccccc3nc2N2CC[NH+](C)CC2)cc1. The molecule has 1 aromatic heterocycles. The number of quaternary nitrogens is 1. The van der Waals surface area contributed by atoms with Gasteiger partial charge in [-0.25, -0.2) is 13.4 Å². The summed E-state index contributed by atoms with van der Waals surface area (Å²) < 4.78 is 29.8. The molecule has 1 N–H and O–H groups in total. The zero-order chi connectivity index (χ0) is 19.7. The zero-order valence-electron chi connectivity index (χ0n) is 16.0. The van der Waals surface area contributed by atoms with Gasteiger partial charge in [0.05, 0.1) is 43.6 Å². The fraction of sp³-hybridized carbons (Fsp3) is 0.300. The highest BCUT2D eigenvalue weighted by Gasteiger charge is 2.21. The number of sulfonamides is 1. The lowest BCUT2D eigenvalue weighted by atomic mass is 10.2. The molecule has 0 spiro atoms. The number of hydrogen-bond donors (Lipinski definition) is 1. The van der Waals surface area contributed by atoms with E-state index >= 15 is 0 Å². The van der Waals surface area contributed by atoms with Crippen molar-refractivity contribution >= 4 is 32.7 Å². The van der Waals surface area contributed by atoms with Crippen molar-refractivity contribution in [2.45, 2.75) is 11.8 Å². The molecule has 8 heteroatoms. The van der Waals surface area contributed by atoms with Gasteiger partial charge in [-0.1, -0.05) is 35.9 Å². The van der Waals surface area contributed by atoms with Gasteiger partial charge in [-0.05, 0) is 36.5 Å². The van der Waals surface area contributed by atoms with Gasteiger partial charge in [0.1, 0.15) is 5.82 Å². The van der Waals surface area contributed by atoms with E-state index in [1.807, 2.05) is 31.2 Å². The standard InChI is InChI=1S/C20H22N5O2S/c1-15-7-9-16(10-8-15)28(26,27)23-19-20(25-13-11-24(2)12-14-25)22-18-6-4-3-5-17(18)21-19/h3-10H,11-14H2,1-2H3/q-1/p+1. The van der Waals surface area contributed by atoms with Crippen molar-refractivity contribution in [2.75, 3.05) is 38.1 Å². The molecule has 2 heterocycles. The predicted molar refractivity (Wildman–Crippen MR) is 110 cm³/mol. The quantitative estimate of drug-likeness (QED) is 0.724. The van der Waals surface area contributed by atoms with Gasteiger partial charge in [-0.3, -0.25) is 0 Å². The van der Waals surface area contributed by atoms with Gasteiger partial charge in [-0.15, -0.1) is 0 Å². The van der Waals surface area contributed by atoms with Crippen molar-refractivity contribution < 1.29 is 13.3 Å². The minimum absolute atomic E-state index is 0.152. The van der Waals surface area contributed by atoms with Crippen LogP contribution in [-0.2, 0) is 10.0 Å². The van der Waals surface area contributed by atoms with Gasteiger partial charge < -0.3 is 19.5 Å². The third kappa shape index (κ3) is 3.79. The maximum atomic E-state index is 12.9. The number of piperazine rings is 1. The van der Waals surface area contributed by atoms with Crippen LogP contribution in [0.4, 0.5) is 11.6 Å². The number of hydrogen-bond acceptors (Lipinski definition) is 5. The Balaban J connectivity index is 1.76. The minimum Gasteiger partial charge on any atom is -0.431 e. The second-order valence-corrected chi connectivity index (χ2v) is 8.79. The molecule has 0 bridgehead atoms. The highest BCUT2D eigenvalue weighted by Crippen LogP contribution is 2.35. The lowest BCUT2D eigenvalue weighted by Crippen LogP contribution is -3.12. The van der Waals surface area contributed by atoms with E-state index in [0.717, 1.165) is 37.3 Å². The van der Waals surface area contributed by atoms with Gasteiger partial charge in [-0.2, -0.15) is 0 Å². The zero-order valence-corrected chi connectivity index (χ0v) is 16.8. The van der Waals surface area contributed by atoms with Crippen molar-refractivity contribution in [3.05, 3.63) is 58.8 Å². The van der Waals surface area contributed by atoms with Crippen molar-refractivity contribution in [3.63, 3.8) is 0 Å². The first-order valence-corrected chi connectivity index (χ1v) is 10.7. The lowest BCUT2D eigenvalue weighted by molar-refractivity contribution is -0.880. The molecule has 1 fully saturated rings. The van der Waals surface area contributed by atoms with E-state index in [1.165, 1.54) is 4.90 Å². The Labute approximate surface area is 165 Å². The van der Waals surface area contributed by atoms with Crippen LogP contribution < -0.4 is 9.80 Å².